The summed E-state index contributed by atoms with van der Waals surface area (Å²) in [7, 11) is -9.89. The molecule has 19 heteroatoms. The number of carbonyl (C=O) groups is 4. The molecule has 0 rings (SSSR count). The van der Waals surface area contributed by atoms with Crippen molar-refractivity contribution in [2.24, 2.45) is 17.8 Å². The van der Waals surface area contributed by atoms with Crippen LogP contribution in [-0.4, -0.2) is 96.7 Å². The molecular formula is C66H128O17P2. The number of ether oxygens (including phenoxy) is 4. The minimum Gasteiger partial charge on any atom is -0.462 e. The third-order valence-corrected chi connectivity index (χ3v) is 17.0. The van der Waals surface area contributed by atoms with Gasteiger partial charge in [-0.25, -0.2) is 9.13 Å². The van der Waals surface area contributed by atoms with Crippen molar-refractivity contribution in [3.8, 4) is 0 Å². The molecule has 504 valence electrons. The maximum Gasteiger partial charge on any atom is 0.472 e. The van der Waals surface area contributed by atoms with Crippen LogP contribution in [0.5, 0.6) is 0 Å². The molecule has 5 atom stereocenters. The van der Waals surface area contributed by atoms with Crippen molar-refractivity contribution < 1.29 is 80.2 Å². The second kappa shape index (κ2) is 57.2. The van der Waals surface area contributed by atoms with Crippen molar-refractivity contribution in [3.63, 3.8) is 0 Å². The van der Waals surface area contributed by atoms with Gasteiger partial charge in [-0.15, -0.1) is 0 Å². The Labute approximate surface area is 517 Å². The van der Waals surface area contributed by atoms with E-state index in [1.165, 1.54) is 128 Å². The van der Waals surface area contributed by atoms with Crippen LogP contribution in [0.3, 0.4) is 0 Å². The fraction of sp³-hybridized carbons (Fsp3) is 0.939. The van der Waals surface area contributed by atoms with Crippen LogP contribution in [0.15, 0.2) is 0 Å². The molecule has 0 amide bonds. The standard InChI is InChI=1S/C66H128O17P2/c1-8-9-10-11-12-13-14-17-20-25-33-40-47-63(68)76-53-61(82-65(70)49-42-35-26-21-18-15-16-19-23-30-37-44-57(2)3)55-80-84(72,73)78-51-60(67)52-79-85(74,75)81-56-62(54-77-64(69)48-41-34-29-28-32-39-46-59(6)7)83-66(71)50-43-36-27-22-24-31-38-45-58(4)5/h57-62,67H,8-56H2,1-7H3,(H,72,73)(H,74,75)/t60-,61-,62-/m1/s1. The fourth-order valence-corrected chi connectivity index (χ4v) is 11.4. The molecule has 0 aliphatic heterocycles. The summed E-state index contributed by atoms with van der Waals surface area (Å²) >= 11 is 0. The van der Waals surface area contributed by atoms with Gasteiger partial charge in [-0.1, -0.05) is 273 Å². The number of phosphoric ester groups is 2. The average molecular weight is 1260 g/mol. The van der Waals surface area contributed by atoms with Crippen LogP contribution in [0.4, 0.5) is 0 Å². The average Bonchev–Trinajstić information content (AvgIpc) is 3.52. The molecule has 2 unspecified atom stereocenters. The van der Waals surface area contributed by atoms with Gasteiger partial charge in [-0.05, 0) is 43.4 Å². The number of rotatable bonds is 64. The summed E-state index contributed by atoms with van der Waals surface area (Å²) in [6, 6.07) is 0. The lowest BCUT2D eigenvalue weighted by Crippen LogP contribution is -2.30. The second-order valence-electron chi connectivity index (χ2n) is 25.3. The van der Waals surface area contributed by atoms with Crippen LogP contribution in [0.25, 0.3) is 0 Å². The first kappa shape index (κ1) is 83.1. The van der Waals surface area contributed by atoms with Crippen LogP contribution < -0.4 is 0 Å². The number of esters is 4. The Hall–Kier alpha value is -1.94. The summed E-state index contributed by atoms with van der Waals surface area (Å²) in [4.78, 5) is 72.3. The molecule has 0 aromatic heterocycles. The van der Waals surface area contributed by atoms with Gasteiger partial charge < -0.3 is 33.8 Å². The molecule has 0 aromatic carbocycles. The lowest BCUT2D eigenvalue weighted by Gasteiger charge is -2.21. The summed E-state index contributed by atoms with van der Waals surface area (Å²) in [6.45, 7) is 11.7. The molecule has 0 fully saturated rings. The highest BCUT2D eigenvalue weighted by Crippen LogP contribution is 2.45. The minimum atomic E-state index is -4.95. The van der Waals surface area contributed by atoms with E-state index in [-0.39, 0.29) is 25.7 Å². The molecule has 0 radical (unpaired) electrons. The van der Waals surface area contributed by atoms with E-state index in [0.29, 0.717) is 37.5 Å². The Bertz CT molecular complexity index is 1680. The van der Waals surface area contributed by atoms with Crippen LogP contribution in [-0.2, 0) is 65.4 Å². The second-order valence-corrected chi connectivity index (χ2v) is 28.2. The van der Waals surface area contributed by atoms with Gasteiger partial charge in [-0.2, -0.15) is 0 Å². The molecule has 0 aromatic rings. The first-order valence-corrected chi connectivity index (χ1v) is 37.3. The molecule has 85 heavy (non-hydrogen) atoms. The molecule has 0 saturated carbocycles. The topological polar surface area (TPSA) is 237 Å². The fourth-order valence-electron chi connectivity index (χ4n) is 9.83. The highest BCUT2D eigenvalue weighted by molar-refractivity contribution is 7.47. The van der Waals surface area contributed by atoms with Gasteiger partial charge in [0.15, 0.2) is 12.2 Å². The predicted molar refractivity (Wildman–Crippen MR) is 340 cm³/mol. The summed E-state index contributed by atoms with van der Waals surface area (Å²) in [5.41, 5.74) is 0. The van der Waals surface area contributed by atoms with Gasteiger partial charge in [0, 0.05) is 25.7 Å². The molecule has 0 aliphatic rings. The lowest BCUT2D eigenvalue weighted by molar-refractivity contribution is -0.161. The highest BCUT2D eigenvalue weighted by atomic mass is 31.2. The van der Waals surface area contributed by atoms with Crippen molar-refractivity contribution in [2.75, 3.05) is 39.6 Å². The van der Waals surface area contributed by atoms with E-state index in [0.717, 1.165) is 102 Å². The van der Waals surface area contributed by atoms with Crippen molar-refractivity contribution in [1.29, 1.82) is 0 Å². The molecule has 0 aliphatic carbocycles. The Balaban J connectivity index is 5.24. The van der Waals surface area contributed by atoms with Crippen LogP contribution in [0, 0.1) is 17.8 Å². The number of unbranched alkanes of at least 4 members (excludes halogenated alkanes) is 32. The maximum atomic E-state index is 13.0. The van der Waals surface area contributed by atoms with Gasteiger partial charge >= 0.3 is 39.5 Å². The number of phosphoric acid groups is 2. The molecule has 0 bridgehead atoms. The van der Waals surface area contributed by atoms with Crippen LogP contribution in [0.2, 0.25) is 0 Å². The third kappa shape index (κ3) is 60.7. The number of carbonyl (C=O) groups excluding carboxylic acids is 4. The monoisotopic (exact) mass is 1250 g/mol. The SMILES string of the molecule is CCCCCCCCCCCCCCC(=O)OC[C@H](COP(=O)(O)OC[C@@H](O)COP(=O)(O)OC[C@@H](COC(=O)CCCCCCCCC(C)C)OC(=O)CCCCCCCCCC(C)C)OC(=O)CCCCCCCCCCCCCC(C)C. The Kier molecular flexibility index (Phi) is 55.9. The van der Waals surface area contributed by atoms with Gasteiger partial charge in [0.1, 0.15) is 19.3 Å². The van der Waals surface area contributed by atoms with Gasteiger partial charge in [-0.3, -0.25) is 37.3 Å². The normalized spacial score (nSPS) is 14.3. The molecule has 0 heterocycles. The lowest BCUT2D eigenvalue weighted by atomic mass is 10.0. The highest BCUT2D eigenvalue weighted by Gasteiger charge is 2.30. The molecule has 17 nitrogen and oxygen atoms in total. The summed E-state index contributed by atoms with van der Waals surface area (Å²) < 4.78 is 68.1. The van der Waals surface area contributed by atoms with Crippen molar-refractivity contribution in [3.05, 3.63) is 0 Å². The van der Waals surface area contributed by atoms with Crippen LogP contribution >= 0.6 is 15.6 Å². The van der Waals surface area contributed by atoms with Gasteiger partial charge in [0.25, 0.3) is 0 Å². The van der Waals surface area contributed by atoms with E-state index in [2.05, 4.69) is 48.5 Å². The van der Waals surface area contributed by atoms with E-state index >= 15 is 0 Å². The molecule has 0 saturated heterocycles. The van der Waals surface area contributed by atoms with E-state index in [1.807, 2.05) is 0 Å². The Morgan fingerprint density at radius 1 is 0.318 bits per heavy atom. The zero-order valence-electron chi connectivity index (χ0n) is 55.1. The largest absolute Gasteiger partial charge is 0.472 e. The molecule has 0 spiro atoms. The zero-order chi connectivity index (χ0) is 63.1. The molecular weight excluding hydrogens is 1130 g/mol. The van der Waals surface area contributed by atoms with E-state index in [9.17, 15) is 43.2 Å². The Morgan fingerprint density at radius 3 is 0.800 bits per heavy atom. The first-order valence-electron chi connectivity index (χ1n) is 34.3. The van der Waals surface area contributed by atoms with Gasteiger partial charge in [0.2, 0.25) is 0 Å². The molecule has 3 N–H and O–H groups in total. The number of hydrogen-bond donors (Lipinski definition) is 3. The maximum absolute atomic E-state index is 13.0. The predicted octanol–water partition coefficient (Wildman–Crippen LogP) is 18.3. The zero-order valence-corrected chi connectivity index (χ0v) is 56.9. The first-order chi connectivity index (χ1) is 40.7. The summed E-state index contributed by atoms with van der Waals surface area (Å²) in [6.07, 6.45) is 39.1. The van der Waals surface area contributed by atoms with Crippen molar-refractivity contribution in [1.82, 2.24) is 0 Å². The van der Waals surface area contributed by atoms with Crippen molar-refractivity contribution >= 4 is 39.5 Å². The summed E-state index contributed by atoms with van der Waals surface area (Å²) in [5.74, 6) is 0.00522. The summed E-state index contributed by atoms with van der Waals surface area (Å²) in [5, 5.41) is 10.5. The van der Waals surface area contributed by atoms with E-state index < -0.39 is 97.5 Å². The number of aliphatic hydroxyl groups is 1. The number of hydrogen-bond acceptors (Lipinski definition) is 15. The van der Waals surface area contributed by atoms with E-state index in [1.54, 1.807) is 0 Å². The third-order valence-electron chi connectivity index (χ3n) is 15.1. The van der Waals surface area contributed by atoms with Gasteiger partial charge in [0.05, 0.1) is 26.4 Å². The quantitative estimate of drug-likeness (QED) is 0.0222. The number of aliphatic hydroxyl groups excluding tert-OH is 1. The minimum absolute atomic E-state index is 0.102. The Morgan fingerprint density at radius 2 is 0.541 bits per heavy atom. The van der Waals surface area contributed by atoms with Crippen molar-refractivity contribution in [2.45, 2.75) is 343 Å². The van der Waals surface area contributed by atoms with Crippen LogP contribution in [0.1, 0.15) is 325 Å². The van der Waals surface area contributed by atoms with E-state index in [4.69, 9.17) is 37.0 Å². The smallest absolute Gasteiger partial charge is 0.462 e.